The van der Waals surface area contributed by atoms with Crippen molar-refractivity contribution in [3.63, 3.8) is 0 Å². The van der Waals surface area contributed by atoms with E-state index in [0.717, 1.165) is 12.1 Å². The van der Waals surface area contributed by atoms with Gasteiger partial charge in [0.15, 0.2) is 12.7 Å². The summed E-state index contributed by atoms with van der Waals surface area (Å²) in [6.45, 7) is 3.26. The smallest absolute Gasteiger partial charge is 0.416 e. The molecule has 1 heterocycles. The lowest BCUT2D eigenvalue weighted by Gasteiger charge is -2.17. The second kappa shape index (κ2) is 7.06. The number of hydrogen-bond acceptors (Lipinski definition) is 3. The van der Waals surface area contributed by atoms with Crippen molar-refractivity contribution in [2.24, 2.45) is 0 Å². The number of halogens is 3. The highest BCUT2D eigenvalue weighted by molar-refractivity contribution is 6.56. The Bertz CT molecular complexity index is 1070. The van der Waals surface area contributed by atoms with Gasteiger partial charge in [-0.3, -0.25) is 9.59 Å². The van der Waals surface area contributed by atoms with Crippen molar-refractivity contribution in [3.8, 4) is 0 Å². The Morgan fingerprint density at radius 3 is 2.52 bits per heavy atom. The normalized spacial score (nSPS) is 12.8. The second-order valence-corrected chi connectivity index (χ2v) is 6.36. The summed E-state index contributed by atoms with van der Waals surface area (Å²) in [7, 11) is 1.68. The molecule has 3 nitrogen and oxygen atoms in total. The average Bonchev–Trinajstić information content (AvgIpc) is 2.60. The molecule has 3 rings (SSSR count). The summed E-state index contributed by atoms with van der Waals surface area (Å²) in [5, 5.41) is -0.116. The van der Waals surface area contributed by atoms with Crippen LogP contribution < -0.4 is 10.9 Å². The summed E-state index contributed by atoms with van der Waals surface area (Å²) < 4.78 is 45.6. The highest BCUT2D eigenvalue weighted by atomic mass is 19.4. The highest BCUT2D eigenvalue weighted by Crippen LogP contribution is 2.35. The van der Waals surface area contributed by atoms with Crippen LogP contribution in [0.3, 0.4) is 0 Å². The molecule has 0 saturated heterocycles. The molecule has 0 bridgehead atoms. The van der Waals surface area contributed by atoms with Gasteiger partial charge in [0.1, 0.15) is 17.6 Å². The topological polar surface area (TPSA) is 47.3 Å². The predicted molar refractivity (Wildman–Crippen MR) is 97.9 cm³/mol. The van der Waals surface area contributed by atoms with Crippen LogP contribution in [-0.4, -0.2) is 13.6 Å². The molecule has 2 aromatic carbocycles. The van der Waals surface area contributed by atoms with Crippen LogP contribution in [0, 0.1) is 6.92 Å². The Morgan fingerprint density at radius 2 is 1.85 bits per heavy atom. The molecule has 137 valence electrons. The van der Waals surface area contributed by atoms with E-state index in [0.29, 0.717) is 23.1 Å². The van der Waals surface area contributed by atoms with Crippen LogP contribution in [0.4, 0.5) is 13.2 Å². The van der Waals surface area contributed by atoms with E-state index in [-0.39, 0.29) is 16.5 Å². The van der Waals surface area contributed by atoms with Gasteiger partial charge in [0.2, 0.25) is 0 Å². The standard InChI is InChI=1S/C20H15BF3O3/c1-11-7-18(26)16-9-14(20(22,23)24)8-15(19(16)27-11)12(2)21-17-6-4-3-5-13(17)10-25/h3-10,12H,1-2H3. The van der Waals surface area contributed by atoms with E-state index in [1.807, 2.05) is 0 Å². The molecule has 3 aromatic rings. The van der Waals surface area contributed by atoms with Crippen LogP contribution in [-0.2, 0) is 6.18 Å². The van der Waals surface area contributed by atoms with Crippen molar-refractivity contribution in [2.45, 2.75) is 25.8 Å². The first-order valence-corrected chi connectivity index (χ1v) is 8.25. The molecular formula is C20H15BF3O3. The van der Waals surface area contributed by atoms with Crippen molar-refractivity contribution in [1.29, 1.82) is 0 Å². The van der Waals surface area contributed by atoms with E-state index in [1.165, 1.54) is 6.07 Å². The third kappa shape index (κ3) is 3.82. The Kier molecular flexibility index (Phi) is 4.96. The maximum Gasteiger partial charge on any atom is 0.416 e. The summed E-state index contributed by atoms with van der Waals surface area (Å²) >= 11 is 0. The van der Waals surface area contributed by atoms with Crippen LogP contribution >= 0.6 is 0 Å². The summed E-state index contributed by atoms with van der Waals surface area (Å²) in [6, 6.07) is 9.75. The van der Waals surface area contributed by atoms with E-state index >= 15 is 0 Å². The summed E-state index contributed by atoms with van der Waals surface area (Å²) in [5.74, 6) is -0.213. The van der Waals surface area contributed by atoms with Gasteiger partial charge in [0.05, 0.1) is 10.9 Å². The quantitative estimate of drug-likeness (QED) is 0.514. The number of aryl methyl sites for hydroxylation is 1. The lowest BCUT2D eigenvalue weighted by Crippen LogP contribution is -2.24. The van der Waals surface area contributed by atoms with Gasteiger partial charge in [-0.2, -0.15) is 13.2 Å². The molecule has 0 aliphatic heterocycles. The van der Waals surface area contributed by atoms with E-state index in [1.54, 1.807) is 45.4 Å². The number of fused-ring (bicyclic) bond motifs is 1. The Balaban J connectivity index is 2.19. The number of aldehydes is 1. The van der Waals surface area contributed by atoms with Crippen molar-refractivity contribution >= 4 is 30.0 Å². The minimum atomic E-state index is -4.60. The molecule has 1 radical (unpaired) electrons. The van der Waals surface area contributed by atoms with Crippen LogP contribution in [0.5, 0.6) is 0 Å². The minimum absolute atomic E-state index is 0.116. The minimum Gasteiger partial charge on any atom is -0.461 e. The van der Waals surface area contributed by atoms with Crippen LogP contribution in [0.2, 0.25) is 0 Å². The van der Waals surface area contributed by atoms with Gasteiger partial charge in [0, 0.05) is 11.6 Å². The van der Waals surface area contributed by atoms with Gasteiger partial charge < -0.3 is 4.42 Å². The molecule has 1 unspecified atom stereocenters. The van der Waals surface area contributed by atoms with E-state index < -0.39 is 23.0 Å². The van der Waals surface area contributed by atoms with Crippen molar-refractivity contribution < 1.29 is 22.4 Å². The van der Waals surface area contributed by atoms with Crippen molar-refractivity contribution in [2.75, 3.05) is 0 Å². The fraction of sp³-hybridized carbons (Fsp3) is 0.200. The van der Waals surface area contributed by atoms with E-state index in [9.17, 15) is 22.8 Å². The van der Waals surface area contributed by atoms with Crippen LogP contribution in [0.15, 0.2) is 51.7 Å². The van der Waals surface area contributed by atoms with Crippen LogP contribution in [0.1, 0.15) is 40.0 Å². The fourth-order valence-corrected chi connectivity index (χ4v) is 3.03. The van der Waals surface area contributed by atoms with E-state index in [2.05, 4.69) is 0 Å². The molecule has 0 aliphatic rings. The number of rotatable bonds is 4. The Hall–Kier alpha value is -2.83. The molecule has 7 heteroatoms. The molecular weight excluding hydrogens is 356 g/mol. The lowest BCUT2D eigenvalue weighted by molar-refractivity contribution is -0.137. The van der Waals surface area contributed by atoms with Crippen molar-refractivity contribution in [1.82, 2.24) is 0 Å². The fourth-order valence-electron chi connectivity index (χ4n) is 3.03. The SMILES string of the molecule is Cc1cc(=O)c2cc(C(F)(F)F)cc(C(C)[B]c3ccccc3C=O)c2o1. The van der Waals surface area contributed by atoms with Gasteiger partial charge >= 0.3 is 6.18 Å². The van der Waals surface area contributed by atoms with Gasteiger partial charge in [-0.25, -0.2) is 0 Å². The zero-order chi connectivity index (χ0) is 19.8. The second-order valence-electron chi connectivity index (χ2n) is 6.36. The average molecular weight is 371 g/mol. The predicted octanol–water partition coefficient (Wildman–Crippen LogP) is 4.02. The molecule has 27 heavy (non-hydrogen) atoms. The molecule has 1 aromatic heterocycles. The number of carbonyl (C=O) groups is 1. The van der Waals surface area contributed by atoms with Gasteiger partial charge in [0.25, 0.3) is 0 Å². The molecule has 0 spiro atoms. The molecule has 0 fully saturated rings. The molecule has 0 N–H and O–H groups in total. The summed E-state index contributed by atoms with van der Waals surface area (Å²) in [4.78, 5) is 23.4. The van der Waals surface area contributed by atoms with Crippen molar-refractivity contribution in [3.05, 3.63) is 75.1 Å². The zero-order valence-electron chi connectivity index (χ0n) is 14.6. The lowest BCUT2D eigenvalue weighted by atomic mass is 9.56. The number of alkyl halides is 3. The first kappa shape index (κ1) is 19.0. The number of carbonyl (C=O) groups excluding carboxylic acids is 1. The molecule has 0 amide bonds. The largest absolute Gasteiger partial charge is 0.461 e. The summed E-state index contributed by atoms with van der Waals surface area (Å²) in [5.41, 5.74) is -0.0489. The molecule has 0 saturated carbocycles. The van der Waals surface area contributed by atoms with Gasteiger partial charge in [-0.05, 0) is 30.4 Å². The third-order valence-electron chi connectivity index (χ3n) is 4.35. The molecule has 1 atom stereocenters. The number of hydrogen-bond donors (Lipinski definition) is 0. The first-order valence-electron chi connectivity index (χ1n) is 8.25. The third-order valence-corrected chi connectivity index (χ3v) is 4.35. The monoisotopic (exact) mass is 371 g/mol. The Morgan fingerprint density at radius 1 is 1.15 bits per heavy atom. The number of benzene rings is 2. The maximum absolute atomic E-state index is 13.3. The van der Waals surface area contributed by atoms with Gasteiger partial charge in [-0.15, -0.1) is 0 Å². The van der Waals surface area contributed by atoms with Crippen LogP contribution in [0.25, 0.3) is 11.0 Å². The summed E-state index contributed by atoms with van der Waals surface area (Å²) in [6.07, 6.45) is -3.91. The maximum atomic E-state index is 13.3. The van der Waals surface area contributed by atoms with E-state index in [4.69, 9.17) is 4.42 Å². The van der Waals surface area contributed by atoms with Gasteiger partial charge in [-0.1, -0.05) is 36.7 Å². The Labute approximate surface area is 154 Å². The molecule has 0 aliphatic carbocycles. The highest BCUT2D eigenvalue weighted by Gasteiger charge is 2.33. The first-order chi connectivity index (χ1) is 12.7. The zero-order valence-corrected chi connectivity index (χ0v) is 14.6.